The Bertz CT molecular complexity index is 497. The molecule has 0 aromatic heterocycles. The van der Waals surface area contributed by atoms with E-state index in [4.69, 9.17) is 5.11 Å². The summed E-state index contributed by atoms with van der Waals surface area (Å²) >= 11 is 0. The van der Waals surface area contributed by atoms with Crippen LogP contribution < -0.4 is 5.32 Å². The lowest BCUT2D eigenvalue weighted by atomic mass is 10.1. The van der Waals surface area contributed by atoms with Crippen LogP contribution in [0.3, 0.4) is 0 Å². The summed E-state index contributed by atoms with van der Waals surface area (Å²) in [6.07, 6.45) is -3.91. The van der Waals surface area contributed by atoms with Crippen LogP contribution in [-0.2, 0) is 11.0 Å². The van der Waals surface area contributed by atoms with Gasteiger partial charge in [0.2, 0.25) is 5.91 Å². The van der Waals surface area contributed by atoms with E-state index < -0.39 is 29.2 Å². The van der Waals surface area contributed by atoms with Crippen molar-refractivity contribution >= 4 is 17.6 Å². The number of carbonyl (C=O) groups excluding carboxylic acids is 1. The second kappa shape index (κ2) is 5.73. The molecule has 0 bridgehead atoms. The van der Waals surface area contributed by atoms with Gasteiger partial charge in [-0.2, -0.15) is 13.2 Å². The fourth-order valence-electron chi connectivity index (χ4n) is 1.45. The molecule has 1 aromatic rings. The summed E-state index contributed by atoms with van der Waals surface area (Å²) in [6.45, 7) is 1.75. The molecule has 7 heteroatoms. The molecule has 0 radical (unpaired) electrons. The number of hydrogen-bond donors (Lipinski definition) is 2. The standard InChI is InChI=1S/C12H12F3NO3/c1-2-3-10(17)16-9-5-4-7(12(13,14)15)6-8(9)11(18)19/h4-6H,2-3H2,1H3,(H,16,17)(H,18,19). The van der Waals surface area contributed by atoms with Gasteiger partial charge >= 0.3 is 12.1 Å². The summed E-state index contributed by atoms with van der Waals surface area (Å²) in [7, 11) is 0. The van der Waals surface area contributed by atoms with Gasteiger partial charge in [0.25, 0.3) is 0 Å². The number of carboxylic acids is 1. The van der Waals surface area contributed by atoms with Crippen LogP contribution in [0.4, 0.5) is 18.9 Å². The number of benzene rings is 1. The predicted octanol–water partition coefficient (Wildman–Crippen LogP) is 3.14. The highest BCUT2D eigenvalue weighted by Crippen LogP contribution is 2.31. The van der Waals surface area contributed by atoms with Crippen LogP contribution in [0.15, 0.2) is 18.2 Å². The van der Waals surface area contributed by atoms with E-state index in [-0.39, 0.29) is 12.1 Å². The van der Waals surface area contributed by atoms with Crippen LogP contribution in [0.2, 0.25) is 0 Å². The molecule has 0 spiro atoms. The molecule has 4 nitrogen and oxygen atoms in total. The minimum Gasteiger partial charge on any atom is -0.478 e. The Hall–Kier alpha value is -2.05. The van der Waals surface area contributed by atoms with Gasteiger partial charge in [0, 0.05) is 6.42 Å². The second-order valence-electron chi connectivity index (χ2n) is 3.86. The van der Waals surface area contributed by atoms with Gasteiger partial charge in [-0.05, 0) is 24.6 Å². The molecule has 1 rings (SSSR count). The molecule has 0 aliphatic carbocycles. The minimum atomic E-state index is -4.63. The maximum atomic E-state index is 12.5. The van der Waals surface area contributed by atoms with Crippen LogP contribution >= 0.6 is 0 Å². The lowest BCUT2D eigenvalue weighted by molar-refractivity contribution is -0.137. The maximum Gasteiger partial charge on any atom is 0.416 e. The van der Waals surface area contributed by atoms with Gasteiger partial charge in [0.05, 0.1) is 16.8 Å². The molecule has 1 aromatic carbocycles. The van der Waals surface area contributed by atoms with Crippen molar-refractivity contribution in [3.63, 3.8) is 0 Å². The monoisotopic (exact) mass is 275 g/mol. The third-order valence-corrected chi connectivity index (χ3v) is 2.33. The van der Waals surface area contributed by atoms with Crippen molar-refractivity contribution in [1.29, 1.82) is 0 Å². The molecule has 0 aliphatic rings. The number of hydrogen-bond acceptors (Lipinski definition) is 2. The van der Waals surface area contributed by atoms with E-state index in [2.05, 4.69) is 5.32 Å². The zero-order chi connectivity index (χ0) is 14.6. The van der Waals surface area contributed by atoms with Crippen molar-refractivity contribution in [1.82, 2.24) is 0 Å². The molecular formula is C12H12F3NO3. The Morgan fingerprint density at radius 2 is 1.95 bits per heavy atom. The van der Waals surface area contributed by atoms with E-state index in [1.807, 2.05) is 0 Å². The largest absolute Gasteiger partial charge is 0.478 e. The zero-order valence-electron chi connectivity index (χ0n) is 10.0. The van der Waals surface area contributed by atoms with E-state index in [1.54, 1.807) is 6.92 Å². The number of nitrogens with one attached hydrogen (secondary N) is 1. The Kier molecular flexibility index (Phi) is 4.52. The van der Waals surface area contributed by atoms with Crippen molar-refractivity contribution in [2.75, 3.05) is 5.32 Å². The second-order valence-corrected chi connectivity index (χ2v) is 3.86. The average molecular weight is 275 g/mol. The van der Waals surface area contributed by atoms with E-state index >= 15 is 0 Å². The third kappa shape index (κ3) is 3.97. The SMILES string of the molecule is CCCC(=O)Nc1ccc(C(F)(F)F)cc1C(=O)O. The summed E-state index contributed by atoms with van der Waals surface area (Å²) in [6, 6.07) is 2.18. The van der Waals surface area contributed by atoms with Gasteiger partial charge in [0.15, 0.2) is 0 Å². The van der Waals surface area contributed by atoms with Crippen molar-refractivity contribution < 1.29 is 27.9 Å². The highest BCUT2D eigenvalue weighted by molar-refractivity contribution is 6.00. The van der Waals surface area contributed by atoms with Crippen LogP contribution in [0.1, 0.15) is 35.7 Å². The molecule has 19 heavy (non-hydrogen) atoms. The lowest BCUT2D eigenvalue weighted by Crippen LogP contribution is -2.15. The highest BCUT2D eigenvalue weighted by atomic mass is 19.4. The first-order valence-electron chi connectivity index (χ1n) is 5.50. The fourth-order valence-corrected chi connectivity index (χ4v) is 1.45. The molecule has 0 saturated carbocycles. The lowest BCUT2D eigenvalue weighted by Gasteiger charge is -2.12. The summed E-state index contributed by atoms with van der Waals surface area (Å²) < 4.78 is 37.4. The summed E-state index contributed by atoms with van der Waals surface area (Å²) in [5.41, 5.74) is -1.79. The molecule has 0 fully saturated rings. The molecule has 1 amide bonds. The first-order valence-corrected chi connectivity index (χ1v) is 5.50. The van der Waals surface area contributed by atoms with Gasteiger partial charge in [-0.1, -0.05) is 6.92 Å². The number of carboxylic acid groups (broad SMARTS) is 1. The summed E-state index contributed by atoms with van der Waals surface area (Å²) in [5.74, 6) is -1.97. The smallest absolute Gasteiger partial charge is 0.416 e. The molecular weight excluding hydrogens is 263 g/mol. The number of amides is 1. The number of alkyl halides is 3. The Morgan fingerprint density at radius 3 is 2.42 bits per heavy atom. The van der Waals surface area contributed by atoms with Crippen LogP contribution in [0.25, 0.3) is 0 Å². The number of halogens is 3. The van der Waals surface area contributed by atoms with Gasteiger partial charge in [0.1, 0.15) is 0 Å². The Labute approximate surface area is 107 Å². The third-order valence-electron chi connectivity index (χ3n) is 2.33. The molecule has 0 atom stereocenters. The van der Waals surface area contributed by atoms with E-state index in [0.29, 0.717) is 12.5 Å². The number of rotatable bonds is 4. The molecule has 2 N–H and O–H groups in total. The number of carbonyl (C=O) groups is 2. The average Bonchev–Trinajstić information content (AvgIpc) is 2.27. The van der Waals surface area contributed by atoms with E-state index in [9.17, 15) is 22.8 Å². The normalized spacial score (nSPS) is 11.2. The molecule has 104 valence electrons. The van der Waals surface area contributed by atoms with Crippen LogP contribution in [-0.4, -0.2) is 17.0 Å². The first-order chi connectivity index (χ1) is 8.75. The van der Waals surface area contributed by atoms with Gasteiger partial charge < -0.3 is 10.4 Å². The van der Waals surface area contributed by atoms with Gasteiger partial charge in [-0.15, -0.1) is 0 Å². The van der Waals surface area contributed by atoms with E-state index in [0.717, 1.165) is 12.1 Å². The number of aromatic carboxylic acids is 1. The first kappa shape index (κ1) is 15.0. The molecule has 0 heterocycles. The molecule has 0 aliphatic heterocycles. The number of anilines is 1. The topological polar surface area (TPSA) is 66.4 Å². The zero-order valence-corrected chi connectivity index (χ0v) is 10.0. The van der Waals surface area contributed by atoms with Crippen LogP contribution in [0.5, 0.6) is 0 Å². The summed E-state index contributed by atoms with van der Waals surface area (Å²) in [5, 5.41) is 11.2. The molecule has 0 unspecified atom stereocenters. The van der Waals surface area contributed by atoms with E-state index in [1.165, 1.54) is 0 Å². The van der Waals surface area contributed by atoms with Crippen molar-refractivity contribution in [2.24, 2.45) is 0 Å². The minimum absolute atomic E-state index is 0.140. The van der Waals surface area contributed by atoms with Gasteiger partial charge in [-0.25, -0.2) is 4.79 Å². The Balaban J connectivity index is 3.12. The quantitative estimate of drug-likeness (QED) is 0.887. The Morgan fingerprint density at radius 1 is 1.32 bits per heavy atom. The predicted molar refractivity (Wildman–Crippen MR) is 61.9 cm³/mol. The van der Waals surface area contributed by atoms with Crippen molar-refractivity contribution in [3.8, 4) is 0 Å². The van der Waals surface area contributed by atoms with Crippen molar-refractivity contribution in [2.45, 2.75) is 25.9 Å². The van der Waals surface area contributed by atoms with Crippen LogP contribution in [0, 0.1) is 0 Å². The fraction of sp³-hybridized carbons (Fsp3) is 0.333. The summed E-state index contributed by atoms with van der Waals surface area (Å²) in [4.78, 5) is 22.3. The van der Waals surface area contributed by atoms with Crippen molar-refractivity contribution in [3.05, 3.63) is 29.3 Å². The molecule has 0 saturated heterocycles. The highest BCUT2D eigenvalue weighted by Gasteiger charge is 2.31. The maximum absolute atomic E-state index is 12.5. The van der Waals surface area contributed by atoms with Gasteiger partial charge in [-0.3, -0.25) is 4.79 Å².